The highest BCUT2D eigenvalue weighted by Crippen LogP contribution is 2.30. The highest BCUT2D eigenvalue weighted by Gasteiger charge is 2.16. The maximum Gasteiger partial charge on any atom is 0.161 e. The van der Waals surface area contributed by atoms with Gasteiger partial charge in [0.15, 0.2) is 11.6 Å². The van der Waals surface area contributed by atoms with E-state index in [2.05, 4.69) is 4.98 Å². The molecule has 0 bridgehead atoms. The SMILES string of the molecule is COc1ccc(-c2nc3cc(F)c(F)cc3n2CCN)cc1N. The van der Waals surface area contributed by atoms with Gasteiger partial charge in [-0.25, -0.2) is 13.8 Å². The lowest BCUT2D eigenvalue weighted by Crippen LogP contribution is -2.11. The van der Waals surface area contributed by atoms with Gasteiger partial charge in [0.05, 0.1) is 23.8 Å². The predicted octanol–water partition coefficient (Wildman–Crippen LogP) is 2.53. The minimum atomic E-state index is -0.935. The molecule has 0 aliphatic carbocycles. The molecule has 0 aliphatic rings. The fraction of sp³-hybridized carbons (Fsp3) is 0.188. The van der Waals surface area contributed by atoms with Gasteiger partial charge >= 0.3 is 0 Å². The second-order valence-corrected chi connectivity index (χ2v) is 5.09. The van der Waals surface area contributed by atoms with Crippen LogP contribution in [0.15, 0.2) is 30.3 Å². The Hall–Kier alpha value is -2.67. The van der Waals surface area contributed by atoms with Gasteiger partial charge in [0.2, 0.25) is 0 Å². The van der Waals surface area contributed by atoms with E-state index in [1.165, 1.54) is 7.11 Å². The lowest BCUT2D eigenvalue weighted by molar-refractivity contribution is 0.417. The summed E-state index contributed by atoms with van der Waals surface area (Å²) in [5, 5.41) is 0. The Morgan fingerprint density at radius 2 is 1.91 bits per heavy atom. The van der Waals surface area contributed by atoms with Gasteiger partial charge < -0.3 is 20.8 Å². The number of methoxy groups -OCH3 is 1. The van der Waals surface area contributed by atoms with Gasteiger partial charge in [0, 0.05) is 30.8 Å². The molecule has 0 saturated carbocycles. The number of anilines is 1. The van der Waals surface area contributed by atoms with Crippen LogP contribution in [0.4, 0.5) is 14.5 Å². The number of halogens is 2. The maximum atomic E-state index is 13.6. The molecule has 0 fully saturated rings. The molecule has 5 nitrogen and oxygen atoms in total. The number of nitrogens with two attached hydrogens (primary N) is 2. The van der Waals surface area contributed by atoms with Crippen LogP contribution in [-0.2, 0) is 6.54 Å². The first-order valence-corrected chi connectivity index (χ1v) is 7.04. The van der Waals surface area contributed by atoms with E-state index in [0.717, 1.165) is 12.1 Å². The number of nitrogen functional groups attached to an aromatic ring is 1. The van der Waals surface area contributed by atoms with E-state index in [1.807, 2.05) is 0 Å². The van der Waals surface area contributed by atoms with E-state index in [4.69, 9.17) is 16.2 Å². The monoisotopic (exact) mass is 318 g/mol. The Kier molecular flexibility index (Phi) is 3.87. The third-order valence-corrected chi connectivity index (χ3v) is 3.63. The van der Waals surface area contributed by atoms with Crippen molar-refractivity contribution in [2.75, 3.05) is 19.4 Å². The number of benzene rings is 2. The van der Waals surface area contributed by atoms with E-state index < -0.39 is 11.6 Å². The molecule has 1 heterocycles. The Balaban J connectivity index is 2.23. The second-order valence-electron chi connectivity index (χ2n) is 5.09. The number of imidazole rings is 1. The third kappa shape index (κ3) is 2.59. The molecule has 120 valence electrons. The van der Waals surface area contributed by atoms with Crippen LogP contribution in [0.25, 0.3) is 22.4 Å². The first kappa shape index (κ1) is 15.2. The highest BCUT2D eigenvalue weighted by atomic mass is 19.2. The van der Waals surface area contributed by atoms with Crippen molar-refractivity contribution in [1.29, 1.82) is 0 Å². The van der Waals surface area contributed by atoms with Crippen molar-refractivity contribution >= 4 is 16.7 Å². The highest BCUT2D eigenvalue weighted by molar-refractivity contribution is 5.81. The van der Waals surface area contributed by atoms with Crippen LogP contribution in [0.2, 0.25) is 0 Å². The van der Waals surface area contributed by atoms with Gasteiger partial charge in [-0.15, -0.1) is 0 Å². The zero-order valence-electron chi connectivity index (χ0n) is 12.5. The maximum absolute atomic E-state index is 13.6. The Labute approximate surface area is 131 Å². The summed E-state index contributed by atoms with van der Waals surface area (Å²) in [4.78, 5) is 4.40. The number of nitrogens with zero attached hydrogens (tertiary/aromatic N) is 2. The number of hydrogen-bond acceptors (Lipinski definition) is 4. The molecule has 4 N–H and O–H groups in total. The average molecular weight is 318 g/mol. The van der Waals surface area contributed by atoms with E-state index in [1.54, 1.807) is 22.8 Å². The standard InChI is InChI=1S/C16H16F2N4O/c1-23-15-3-2-9(6-12(15)20)16-21-13-7-10(17)11(18)8-14(13)22(16)5-4-19/h2-3,6-8H,4-5,19-20H2,1H3. The van der Waals surface area contributed by atoms with Gasteiger partial charge in [0.1, 0.15) is 11.6 Å². The number of ether oxygens (including phenoxy) is 1. The lowest BCUT2D eigenvalue weighted by Gasteiger charge is -2.10. The van der Waals surface area contributed by atoms with Crippen molar-refractivity contribution in [3.05, 3.63) is 42.0 Å². The molecule has 7 heteroatoms. The minimum Gasteiger partial charge on any atom is -0.495 e. The molecule has 2 aromatic carbocycles. The molecule has 0 aliphatic heterocycles. The van der Waals surface area contributed by atoms with Gasteiger partial charge in [-0.05, 0) is 18.2 Å². The average Bonchev–Trinajstić information content (AvgIpc) is 2.86. The first-order valence-electron chi connectivity index (χ1n) is 7.04. The van der Waals surface area contributed by atoms with Gasteiger partial charge in [-0.1, -0.05) is 0 Å². The smallest absolute Gasteiger partial charge is 0.161 e. The van der Waals surface area contributed by atoms with Crippen molar-refractivity contribution < 1.29 is 13.5 Å². The number of fused-ring (bicyclic) bond motifs is 1. The molecule has 0 unspecified atom stereocenters. The van der Waals surface area contributed by atoms with Crippen molar-refractivity contribution in [1.82, 2.24) is 9.55 Å². The molecule has 0 atom stereocenters. The Bertz CT molecular complexity index is 876. The van der Waals surface area contributed by atoms with Crippen LogP contribution in [0.5, 0.6) is 5.75 Å². The van der Waals surface area contributed by atoms with Crippen LogP contribution in [0, 0.1) is 11.6 Å². The summed E-state index contributed by atoms with van der Waals surface area (Å²) >= 11 is 0. The number of rotatable bonds is 4. The summed E-state index contributed by atoms with van der Waals surface area (Å²) in [6, 6.07) is 7.42. The summed E-state index contributed by atoms with van der Waals surface area (Å²) in [6.07, 6.45) is 0. The fourth-order valence-electron chi connectivity index (χ4n) is 2.57. The first-order chi connectivity index (χ1) is 11.0. The normalized spacial score (nSPS) is 11.1. The van der Waals surface area contributed by atoms with Gasteiger partial charge in [-0.3, -0.25) is 0 Å². The Morgan fingerprint density at radius 3 is 2.57 bits per heavy atom. The molecule has 1 aromatic heterocycles. The van der Waals surface area contributed by atoms with Crippen molar-refractivity contribution in [3.63, 3.8) is 0 Å². The summed E-state index contributed by atoms with van der Waals surface area (Å²) in [7, 11) is 1.53. The molecule has 0 amide bonds. The lowest BCUT2D eigenvalue weighted by atomic mass is 10.1. The van der Waals surface area contributed by atoms with Crippen LogP contribution in [0.3, 0.4) is 0 Å². The summed E-state index contributed by atoms with van der Waals surface area (Å²) < 4.78 is 33.9. The van der Waals surface area contributed by atoms with Gasteiger partial charge in [-0.2, -0.15) is 0 Å². The molecule has 0 spiro atoms. The second kappa shape index (κ2) is 5.85. The zero-order valence-corrected chi connectivity index (χ0v) is 12.5. The quantitative estimate of drug-likeness (QED) is 0.725. The Morgan fingerprint density at radius 1 is 1.17 bits per heavy atom. The molecular formula is C16H16F2N4O. The largest absolute Gasteiger partial charge is 0.495 e. The molecule has 3 rings (SSSR count). The van der Waals surface area contributed by atoms with Crippen molar-refractivity contribution in [2.45, 2.75) is 6.54 Å². The van der Waals surface area contributed by atoms with Crippen LogP contribution >= 0.6 is 0 Å². The van der Waals surface area contributed by atoms with E-state index in [9.17, 15) is 8.78 Å². The topological polar surface area (TPSA) is 79.1 Å². The molecule has 0 radical (unpaired) electrons. The molecule has 0 saturated heterocycles. The van der Waals surface area contributed by atoms with E-state index in [0.29, 0.717) is 46.9 Å². The van der Waals surface area contributed by atoms with E-state index in [-0.39, 0.29) is 0 Å². The van der Waals surface area contributed by atoms with Crippen LogP contribution < -0.4 is 16.2 Å². The predicted molar refractivity (Wildman–Crippen MR) is 85.1 cm³/mol. The third-order valence-electron chi connectivity index (χ3n) is 3.63. The summed E-state index contributed by atoms with van der Waals surface area (Å²) in [5.74, 6) is -0.760. The van der Waals surface area contributed by atoms with Crippen LogP contribution in [0.1, 0.15) is 0 Å². The fourth-order valence-corrected chi connectivity index (χ4v) is 2.57. The van der Waals surface area contributed by atoms with Gasteiger partial charge in [0.25, 0.3) is 0 Å². The molecule has 3 aromatic rings. The van der Waals surface area contributed by atoms with E-state index >= 15 is 0 Å². The molecular weight excluding hydrogens is 302 g/mol. The zero-order chi connectivity index (χ0) is 16.6. The van der Waals surface area contributed by atoms with Crippen LogP contribution in [-0.4, -0.2) is 23.2 Å². The summed E-state index contributed by atoms with van der Waals surface area (Å²) in [6.45, 7) is 0.756. The van der Waals surface area contributed by atoms with Crippen molar-refractivity contribution in [3.8, 4) is 17.1 Å². The number of hydrogen-bond donors (Lipinski definition) is 2. The number of aromatic nitrogens is 2. The summed E-state index contributed by atoms with van der Waals surface area (Å²) in [5.41, 5.74) is 13.6. The minimum absolute atomic E-state index is 0.336. The van der Waals surface area contributed by atoms with Crippen molar-refractivity contribution in [2.24, 2.45) is 5.73 Å². The molecule has 23 heavy (non-hydrogen) atoms.